The number of rotatable bonds is 7. The molecule has 1 atom stereocenters. The number of anilines is 1. The molecule has 6 nitrogen and oxygen atoms in total. The fourth-order valence-corrected chi connectivity index (χ4v) is 4.05. The second-order valence-corrected chi connectivity index (χ2v) is 7.65. The lowest BCUT2D eigenvalue weighted by molar-refractivity contribution is -0.117. The summed E-state index contributed by atoms with van der Waals surface area (Å²) in [5.74, 6) is 2.42. The highest BCUT2D eigenvalue weighted by atomic mass is 79.9. The standard InChI is InChI=1S/C18H19N3O3S.BrH/c1-21(16-4-2-3-9-19-16)10-11-24-15-7-5-14(6-8-15)12-25-13-17(22)20-18(25)23;/h2-9H,10-13H2,1H3;1H/p+1. The first kappa shape index (κ1) is 20.3. The molecule has 2 aromatic rings. The molecular formula is C18H21BrN3O3S+. The summed E-state index contributed by atoms with van der Waals surface area (Å²) in [6.07, 6.45) is 1.77. The number of halogens is 1. The number of nitrogens with zero attached hydrogens (tertiary/aromatic N) is 2. The van der Waals surface area contributed by atoms with E-state index < -0.39 is 10.9 Å². The van der Waals surface area contributed by atoms with E-state index in [0.717, 1.165) is 23.7 Å². The third-order valence-electron chi connectivity index (χ3n) is 3.81. The van der Waals surface area contributed by atoms with Gasteiger partial charge in [-0.15, -0.1) is 17.0 Å². The normalized spacial score (nSPS) is 16.0. The van der Waals surface area contributed by atoms with Crippen molar-refractivity contribution < 1.29 is 14.3 Å². The lowest BCUT2D eigenvalue weighted by atomic mass is 10.2. The van der Waals surface area contributed by atoms with Gasteiger partial charge in [-0.05, 0) is 24.3 Å². The number of ether oxygens (including phenoxy) is 1. The average Bonchev–Trinajstić information content (AvgIpc) is 2.94. The summed E-state index contributed by atoms with van der Waals surface area (Å²) in [7, 11) is 1.43. The van der Waals surface area contributed by atoms with Gasteiger partial charge in [0.05, 0.1) is 17.4 Å². The van der Waals surface area contributed by atoms with Crippen molar-refractivity contribution in [3.63, 3.8) is 0 Å². The van der Waals surface area contributed by atoms with Crippen LogP contribution in [0.5, 0.6) is 5.75 Å². The van der Waals surface area contributed by atoms with Gasteiger partial charge in [-0.2, -0.15) is 0 Å². The number of amides is 2. The molecule has 26 heavy (non-hydrogen) atoms. The number of benzene rings is 1. The Balaban J connectivity index is 0.00000243. The number of hydrogen-bond acceptors (Lipinski definition) is 5. The molecule has 1 fully saturated rings. The van der Waals surface area contributed by atoms with Crippen molar-refractivity contribution >= 4 is 44.8 Å². The molecule has 138 valence electrons. The Labute approximate surface area is 166 Å². The maximum Gasteiger partial charge on any atom is 0.436 e. The summed E-state index contributed by atoms with van der Waals surface area (Å²) in [4.78, 5) is 29.2. The fraction of sp³-hybridized carbons (Fsp3) is 0.278. The first-order valence-corrected chi connectivity index (χ1v) is 9.53. The number of hydrogen-bond donors (Lipinski definition) is 1. The van der Waals surface area contributed by atoms with E-state index in [0.29, 0.717) is 18.1 Å². The van der Waals surface area contributed by atoms with Gasteiger partial charge in [0.25, 0.3) is 5.91 Å². The van der Waals surface area contributed by atoms with Crippen molar-refractivity contribution in [1.82, 2.24) is 10.3 Å². The molecule has 3 rings (SSSR count). The molecule has 1 saturated heterocycles. The monoisotopic (exact) mass is 438 g/mol. The number of pyridine rings is 1. The second kappa shape index (κ2) is 9.59. The highest BCUT2D eigenvalue weighted by Gasteiger charge is 2.40. The predicted molar refractivity (Wildman–Crippen MR) is 109 cm³/mol. The molecule has 1 N–H and O–H groups in total. The Morgan fingerprint density at radius 1 is 1.19 bits per heavy atom. The Morgan fingerprint density at radius 3 is 2.58 bits per heavy atom. The van der Waals surface area contributed by atoms with Crippen molar-refractivity contribution in [2.45, 2.75) is 5.75 Å². The maximum absolute atomic E-state index is 11.6. The van der Waals surface area contributed by atoms with Crippen LogP contribution in [-0.4, -0.2) is 42.1 Å². The zero-order chi connectivity index (χ0) is 17.6. The zero-order valence-corrected chi connectivity index (χ0v) is 16.9. The first-order chi connectivity index (χ1) is 12.1. The van der Waals surface area contributed by atoms with Crippen LogP contribution in [0.2, 0.25) is 0 Å². The summed E-state index contributed by atoms with van der Waals surface area (Å²) in [5, 5.41) is 2.20. The average molecular weight is 439 g/mol. The molecule has 1 aliphatic heterocycles. The van der Waals surface area contributed by atoms with Gasteiger partial charge >= 0.3 is 5.24 Å². The molecule has 8 heteroatoms. The van der Waals surface area contributed by atoms with Crippen molar-refractivity contribution in [2.75, 3.05) is 30.9 Å². The highest BCUT2D eigenvalue weighted by molar-refractivity contribution is 8.93. The third kappa shape index (κ3) is 5.47. The first-order valence-electron chi connectivity index (χ1n) is 7.97. The van der Waals surface area contributed by atoms with E-state index in [9.17, 15) is 9.59 Å². The Bertz CT molecular complexity index is 743. The number of carbonyl (C=O) groups excluding carboxylic acids is 2. The van der Waals surface area contributed by atoms with Crippen LogP contribution in [0, 0.1) is 0 Å². The largest absolute Gasteiger partial charge is 0.492 e. The Morgan fingerprint density at radius 2 is 1.96 bits per heavy atom. The molecule has 2 amide bonds. The van der Waals surface area contributed by atoms with Crippen LogP contribution in [0.1, 0.15) is 5.56 Å². The highest BCUT2D eigenvalue weighted by Crippen LogP contribution is 2.18. The van der Waals surface area contributed by atoms with E-state index in [1.165, 1.54) is 0 Å². The molecule has 1 aromatic heterocycles. The van der Waals surface area contributed by atoms with E-state index in [1.54, 1.807) is 6.20 Å². The number of nitrogens with one attached hydrogen (secondary N) is 1. The summed E-state index contributed by atoms with van der Waals surface area (Å²) in [6, 6.07) is 13.5. The van der Waals surface area contributed by atoms with Gasteiger partial charge in [0.2, 0.25) is 0 Å². The maximum atomic E-state index is 11.6. The molecule has 1 unspecified atom stereocenters. The minimum absolute atomic E-state index is 0. The predicted octanol–water partition coefficient (Wildman–Crippen LogP) is 2.54. The lowest BCUT2D eigenvalue weighted by Gasteiger charge is -2.18. The third-order valence-corrected chi connectivity index (χ3v) is 5.73. The van der Waals surface area contributed by atoms with Gasteiger partial charge in [-0.25, -0.2) is 15.1 Å². The quantitative estimate of drug-likeness (QED) is 0.672. The Hall–Kier alpha value is -2.06. The van der Waals surface area contributed by atoms with Gasteiger partial charge in [0, 0.05) is 18.8 Å². The van der Waals surface area contributed by atoms with Crippen molar-refractivity contribution in [2.24, 2.45) is 0 Å². The van der Waals surface area contributed by atoms with Gasteiger partial charge in [0.1, 0.15) is 23.9 Å². The zero-order valence-electron chi connectivity index (χ0n) is 14.4. The minimum atomic E-state index is -0.546. The summed E-state index contributed by atoms with van der Waals surface area (Å²) < 4.78 is 5.76. The number of aromatic nitrogens is 1. The molecule has 0 spiro atoms. The molecule has 2 heterocycles. The van der Waals surface area contributed by atoms with Gasteiger partial charge in [-0.3, -0.25) is 4.79 Å². The number of imide groups is 1. The number of likely N-dealkylation sites (N-methyl/N-ethyl adjacent to an activating group) is 1. The minimum Gasteiger partial charge on any atom is -0.492 e. The molecule has 0 bridgehead atoms. The van der Waals surface area contributed by atoms with E-state index in [-0.39, 0.29) is 28.1 Å². The molecule has 1 aliphatic rings. The van der Waals surface area contributed by atoms with Crippen LogP contribution in [0.4, 0.5) is 10.6 Å². The SMILES string of the molecule is Br.CN(CCOc1ccc(C[S+]2CC(=O)NC2=O)cc1)c1ccccn1. The molecule has 0 radical (unpaired) electrons. The molecule has 0 aliphatic carbocycles. The van der Waals surface area contributed by atoms with E-state index in [4.69, 9.17) is 4.74 Å². The number of carbonyl (C=O) groups is 2. The van der Waals surface area contributed by atoms with Crippen LogP contribution < -0.4 is 15.0 Å². The van der Waals surface area contributed by atoms with E-state index >= 15 is 0 Å². The van der Waals surface area contributed by atoms with Crippen molar-refractivity contribution in [1.29, 1.82) is 0 Å². The smallest absolute Gasteiger partial charge is 0.436 e. The molecular weight excluding hydrogens is 418 g/mol. The van der Waals surface area contributed by atoms with Gasteiger partial charge in [0.15, 0.2) is 5.75 Å². The van der Waals surface area contributed by atoms with Crippen LogP contribution in [0.3, 0.4) is 0 Å². The molecule has 0 saturated carbocycles. The second-order valence-electron chi connectivity index (χ2n) is 5.72. The van der Waals surface area contributed by atoms with Crippen LogP contribution in [0.15, 0.2) is 48.7 Å². The van der Waals surface area contributed by atoms with E-state index in [2.05, 4.69) is 10.3 Å². The van der Waals surface area contributed by atoms with Crippen LogP contribution in [0.25, 0.3) is 0 Å². The summed E-state index contributed by atoms with van der Waals surface area (Å²) in [5.41, 5.74) is 1.03. The summed E-state index contributed by atoms with van der Waals surface area (Å²) in [6.45, 7) is 1.28. The fourth-order valence-electron chi connectivity index (χ4n) is 2.44. The van der Waals surface area contributed by atoms with Gasteiger partial charge in [-0.1, -0.05) is 18.2 Å². The van der Waals surface area contributed by atoms with Crippen LogP contribution in [-0.2, 0) is 21.4 Å². The molecule has 1 aromatic carbocycles. The summed E-state index contributed by atoms with van der Waals surface area (Å²) >= 11 is 0. The van der Waals surface area contributed by atoms with E-state index in [1.807, 2.05) is 54.4 Å². The lowest BCUT2D eigenvalue weighted by Crippen LogP contribution is -2.24. The Kier molecular flexibility index (Phi) is 7.47. The van der Waals surface area contributed by atoms with Gasteiger partial charge < -0.3 is 9.64 Å². The van der Waals surface area contributed by atoms with Crippen LogP contribution >= 0.6 is 17.0 Å². The topological polar surface area (TPSA) is 71.5 Å². The van der Waals surface area contributed by atoms with Crippen molar-refractivity contribution in [3.05, 3.63) is 54.2 Å². The van der Waals surface area contributed by atoms with Crippen molar-refractivity contribution in [3.8, 4) is 5.75 Å².